The molecule has 1 aromatic rings. The minimum atomic E-state index is -0.499. The monoisotopic (exact) mass is 238 g/mol. The van der Waals surface area contributed by atoms with Gasteiger partial charge in [-0.3, -0.25) is 4.79 Å². The number of benzene rings is 1. The fraction of sp³-hybridized carbons (Fsp3) is 0.462. The van der Waals surface area contributed by atoms with Crippen molar-refractivity contribution in [3.8, 4) is 0 Å². The molecule has 0 aliphatic carbocycles. The van der Waals surface area contributed by atoms with Crippen molar-refractivity contribution in [2.75, 3.05) is 0 Å². The Morgan fingerprint density at radius 1 is 1.44 bits per heavy atom. The second-order valence-corrected chi connectivity index (χ2v) is 4.62. The minimum Gasteiger partial charge on any atom is -0.454 e. The standard InChI is InChI=1S/C13H15ClO2/c1-13(8-4-7-12(15)16-13)11-6-3-2-5-10(11)9-14/h2-3,5-6H,4,7-9H2,1H3. The predicted octanol–water partition coefficient (Wildman–Crippen LogP) is 3.37. The highest BCUT2D eigenvalue weighted by atomic mass is 35.5. The molecule has 1 saturated heterocycles. The van der Waals surface area contributed by atoms with Gasteiger partial charge < -0.3 is 4.74 Å². The van der Waals surface area contributed by atoms with Gasteiger partial charge in [-0.1, -0.05) is 24.3 Å². The number of cyclic esters (lactones) is 1. The van der Waals surface area contributed by atoms with Gasteiger partial charge in [-0.2, -0.15) is 0 Å². The summed E-state index contributed by atoms with van der Waals surface area (Å²) in [4.78, 5) is 11.4. The summed E-state index contributed by atoms with van der Waals surface area (Å²) in [6.07, 6.45) is 2.28. The van der Waals surface area contributed by atoms with Crippen LogP contribution >= 0.6 is 11.6 Å². The van der Waals surface area contributed by atoms with E-state index in [2.05, 4.69) is 0 Å². The first-order valence-electron chi connectivity index (χ1n) is 5.52. The number of halogens is 1. The van der Waals surface area contributed by atoms with Crippen LogP contribution in [0.4, 0.5) is 0 Å². The lowest BCUT2D eigenvalue weighted by molar-refractivity contribution is -0.166. The van der Waals surface area contributed by atoms with E-state index in [4.69, 9.17) is 16.3 Å². The van der Waals surface area contributed by atoms with Crippen molar-refractivity contribution < 1.29 is 9.53 Å². The molecule has 1 aliphatic rings. The van der Waals surface area contributed by atoms with Crippen molar-refractivity contribution >= 4 is 17.6 Å². The molecule has 1 unspecified atom stereocenters. The van der Waals surface area contributed by atoms with Crippen LogP contribution in [0.5, 0.6) is 0 Å². The molecule has 16 heavy (non-hydrogen) atoms. The fourth-order valence-corrected chi connectivity index (χ4v) is 2.50. The molecular formula is C13H15ClO2. The smallest absolute Gasteiger partial charge is 0.306 e. The second kappa shape index (κ2) is 4.46. The van der Waals surface area contributed by atoms with E-state index < -0.39 is 5.60 Å². The highest BCUT2D eigenvalue weighted by molar-refractivity contribution is 6.17. The minimum absolute atomic E-state index is 0.113. The maximum Gasteiger partial charge on any atom is 0.306 e. The van der Waals surface area contributed by atoms with Gasteiger partial charge in [-0.25, -0.2) is 0 Å². The van der Waals surface area contributed by atoms with E-state index in [-0.39, 0.29) is 5.97 Å². The average Bonchev–Trinajstić information content (AvgIpc) is 2.29. The lowest BCUT2D eigenvalue weighted by Crippen LogP contribution is -2.34. The van der Waals surface area contributed by atoms with Gasteiger partial charge in [0.15, 0.2) is 0 Å². The highest BCUT2D eigenvalue weighted by Crippen LogP contribution is 2.37. The number of esters is 1. The molecule has 1 fully saturated rings. The van der Waals surface area contributed by atoms with Gasteiger partial charge in [0, 0.05) is 12.3 Å². The van der Waals surface area contributed by atoms with E-state index in [9.17, 15) is 4.79 Å². The van der Waals surface area contributed by atoms with Crippen LogP contribution in [-0.4, -0.2) is 5.97 Å². The summed E-state index contributed by atoms with van der Waals surface area (Å²) in [5.41, 5.74) is 1.58. The Bertz CT molecular complexity index is 403. The molecule has 3 heteroatoms. The zero-order valence-electron chi connectivity index (χ0n) is 9.33. The SMILES string of the molecule is CC1(c2ccccc2CCl)CCCC(=O)O1. The molecule has 0 radical (unpaired) electrons. The summed E-state index contributed by atoms with van der Waals surface area (Å²) >= 11 is 5.91. The van der Waals surface area contributed by atoms with Crippen molar-refractivity contribution in [2.24, 2.45) is 0 Å². The Hall–Kier alpha value is -1.02. The predicted molar refractivity (Wildman–Crippen MR) is 63.3 cm³/mol. The highest BCUT2D eigenvalue weighted by Gasteiger charge is 2.35. The van der Waals surface area contributed by atoms with Gasteiger partial charge in [-0.05, 0) is 30.9 Å². The number of carbonyl (C=O) groups excluding carboxylic acids is 1. The lowest BCUT2D eigenvalue weighted by Gasteiger charge is -2.34. The molecule has 86 valence electrons. The Balaban J connectivity index is 2.37. The van der Waals surface area contributed by atoms with Crippen LogP contribution in [0.2, 0.25) is 0 Å². The van der Waals surface area contributed by atoms with Gasteiger partial charge in [0.1, 0.15) is 5.60 Å². The zero-order chi connectivity index (χ0) is 11.6. The molecule has 0 aromatic heterocycles. The van der Waals surface area contributed by atoms with Gasteiger partial charge in [0.25, 0.3) is 0 Å². The van der Waals surface area contributed by atoms with Crippen LogP contribution in [0, 0.1) is 0 Å². The summed E-state index contributed by atoms with van der Waals surface area (Å²) in [5, 5.41) is 0. The van der Waals surface area contributed by atoms with Gasteiger partial charge in [0.05, 0.1) is 0 Å². The van der Waals surface area contributed by atoms with Crippen molar-refractivity contribution in [3.63, 3.8) is 0 Å². The molecule has 1 aromatic carbocycles. The maximum absolute atomic E-state index is 11.4. The Morgan fingerprint density at radius 3 is 2.88 bits per heavy atom. The molecule has 1 atom stereocenters. The zero-order valence-corrected chi connectivity index (χ0v) is 10.1. The third-order valence-electron chi connectivity index (χ3n) is 3.10. The summed E-state index contributed by atoms with van der Waals surface area (Å²) in [6.45, 7) is 1.97. The van der Waals surface area contributed by atoms with Crippen molar-refractivity contribution in [1.29, 1.82) is 0 Å². The molecule has 0 bridgehead atoms. The number of hydrogen-bond donors (Lipinski definition) is 0. The number of carbonyl (C=O) groups is 1. The molecule has 0 amide bonds. The Morgan fingerprint density at radius 2 is 2.19 bits per heavy atom. The van der Waals surface area contributed by atoms with Crippen LogP contribution in [-0.2, 0) is 21.0 Å². The van der Waals surface area contributed by atoms with E-state index in [1.54, 1.807) is 0 Å². The van der Waals surface area contributed by atoms with Gasteiger partial charge in [-0.15, -0.1) is 11.6 Å². The van der Waals surface area contributed by atoms with E-state index in [0.29, 0.717) is 12.3 Å². The summed E-state index contributed by atoms with van der Waals surface area (Å²) in [6, 6.07) is 7.89. The first kappa shape index (κ1) is 11.5. The van der Waals surface area contributed by atoms with Crippen LogP contribution in [0.25, 0.3) is 0 Å². The number of ether oxygens (including phenoxy) is 1. The number of hydrogen-bond acceptors (Lipinski definition) is 2. The summed E-state index contributed by atoms with van der Waals surface area (Å²) < 4.78 is 5.50. The van der Waals surface area contributed by atoms with Gasteiger partial charge in [0.2, 0.25) is 0 Å². The Kier molecular flexibility index (Phi) is 3.20. The van der Waals surface area contributed by atoms with Crippen LogP contribution in [0.1, 0.15) is 37.3 Å². The third kappa shape index (κ3) is 2.07. The number of alkyl halides is 1. The van der Waals surface area contributed by atoms with Crippen LogP contribution < -0.4 is 0 Å². The van der Waals surface area contributed by atoms with E-state index >= 15 is 0 Å². The van der Waals surface area contributed by atoms with Crippen molar-refractivity contribution in [1.82, 2.24) is 0 Å². The van der Waals surface area contributed by atoms with Crippen LogP contribution in [0.3, 0.4) is 0 Å². The summed E-state index contributed by atoms with van der Waals surface area (Å²) in [5.74, 6) is 0.335. The van der Waals surface area contributed by atoms with E-state index in [0.717, 1.165) is 24.0 Å². The fourth-order valence-electron chi connectivity index (χ4n) is 2.27. The topological polar surface area (TPSA) is 26.3 Å². The molecule has 0 N–H and O–H groups in total. The largest absolute Gasteiger partial charge is 0.454 e. The molecular weight excluding hydrogens is 224 g/mol. The van der Waals surface area contributed by atoms with E-state index in [1.165, 1.54) is 0 Å². The van der Waals surface area contributed by atoms with Crippen molar-refractivity contribution in [3.05, 3.63) is 35.4 Å². The maximum atomic E-state index is 11.4. The third-order valence-corrected chi connectivity index (χ3v) is 3.39. The number of rotatable bonds is 2. The van der Waals surface area contributed by atoms with Gasteiger partial charge >= 0.3 is 5.97 Å². The normalized spacial score (nSPS) is 25.2. The molecule has 2 rings (SSSR count). The quantitative estimate of drug-likeness (QED) is 0.583. The molecule has 0 spiro atoms. The molecule has 1 heterocycles. The average molecular weight is 239 g/mol. The molecule has 0 saturated carbocycles. The Labute approximate surface area is 101 Å². The first-order valence-corrected chi connectivity index (χ1v) is 6.05. The molecule has 1 aliphatic heterocycles. The van der Waals surface area contributed by atoms with Crippen molar-refractivity contribution in [2.45, 2.75) is 37.7 Å². The molecule has 2 nitrogen and oxygen atoms in total. The second-order valence-electron chi connectivity index (χ2n) is 4.35. The van der Waals surface area contributed by atoms with Crippen LogP contribution in [0.15, 0.2) is 24.3 Å². The lowest BCUT2D eigenvalue weighted by atomic mass is 9.85. The summed E-state index contributed by atoms with van der Waals surface area (Å²) in [7, 11) is 0. The first-order chi connectivity index (χ1) is 7.65. The van der Waals surface area contributed by atoms with E-state index in [1.807, 2.05) is 31.2 Å².